The summed E-state index contributed by atoms with van der Waals surface area (Å²) in [6, 6.07) is 42.1. The fourth-order valence-electron chi connectivity index (χ4n) is 2.28. The third-order valence-electron chi connectivity index (χ3n) is 3.74. The smallest absolute Gasteiger partial charge is 0.0902 e. The SMILES string of the molecule is CC.CC.CC.CC.CC.CCC.CCC.CCC.CCC.CCC.c1ccc2ccccc2c1.c1ccccc1.c1ccncc1.c1ccoc1.c1ccsc1. The number of furan rings is 1. The molecular formula is C54H97NOS. The highest BCUT2D eigenvalue weighted by Gasteiger charge is 1.85. The molecule has 0 saturated carbocycles. The molecule has 0 bridgehead atoms. The number of thiophene rings is 1. The van der Waals surface area contributed by atoms with Crippen molar-refractivity contribution in [3.63, 3.8) is 0 Å². The standard InChI is InChI=1S/C10H8.C6H6.C5H5N.C4H4O.C4H4S.5C3H8.5C2H6/c1-2-6-10-8-4-3-7-9(10)5-1;2*1-2-4-6-5-3-1;2*1-2-4-5-3-1;5*1-3-2;5*1-2/h1-8H;1-6H;1-5H;2*1-4H;5*3H2,1-2H3;5*1-2H3. The molecule has 3 heteroatoms. The second kappa shape index (κ2) is 98.8. The molecule has 6 aromatic rings. The first-order valence-electron chi connectivity index (χ1n) is 22.3. The summed E-state index contributed by atoms with van der Waals surface area (Å²) in [6.07, 6.45) is 13.0. The van der Waals surface area contributed by atoms with Crippen LogP contribution in [0.2, 0.25) is 0 Å². The van der Waals surface area contributed by atoms with E-state index in [9.17, 15) is 0 Å². The lowest BCUT2D eigenvalue weighted by Crippen LogP contribution is -1.67. The highest BCUT2D eigenvalue weighted by molar-refractivity contribution is 7.07. The fraction of sp³-hybridized carbons (Fsp3) is 0.463. The second-order valence-electron chi connectivity index (χ2n) is 9.65. The summed E-state index contributed by atoms with van der Waals surface area (Å²) >= 11 is 1.71. The third kappa shape index (κ3) is 100. The molecule has 3 aromatic heterocycles. The van der Waals surface area contributed by atoms with E-state index in [1.807, 2.05) is 159 Å². The Kier molecular flexibility index (Phi) is 128. The summed E-state index contributed by atoms with van der Waals surface area (Å²) in [5.74, 6) is 0. The Morgan fingerprint density at radius 3 is 0.684 bits per heavy atom. The van der Waals surface area contributed by atoms with Crippen molar-refractivity contribution < 1.29 is 4.42 Å². The molecule has 0 aliphatic rings. The first-order valence-corrected chi connectivity index (χ1v) is 23.2. The van der Waals surface area contributed by atoms with E-state index in [0.717, 1.165) is 0 Å². The summed E-state index contributed by atoms with van der Waals surface area (Å²) < 4.78 is 4.58. The lowest BCUT2D eigenvalue weighted by Gasteiger charge is -1.92. The molecule has 0 aliphatic carbocycles. The Hall–Kier alpha value is -3.95. The van der Waals surface area contributed by atoms with Gasteiger partial charge in [-0.15, -0.1) is 0 Å². The van der Waals surface area contributed by atoms with Gasteiger partial charge in [0.1, 0.15) is 0 Å². The van der Waals surface area contributed by atoms with Crippen LogP contribution in [0.5, 0.6) is 0 Å². The Bertz CT molecular complexity index is 970. The molecule has 0 spiro atoms. The summed E-state index contributed by atoms with van der Waals surface area (Å²) in [7, 11) is 0. The fourth-order valence-corrected chi connectivity index (χ4v) is 2.74. The minimum Gasteiger partial charge on any atom is -0.473 e. The maximum atomic E-state index is 4.58. The molecule has 6 rings (SSSR count). The van der Waals surface area contributed by atoms with Gasteiger partial charge in [0.2, 0.25) is 0 Å². The zero-order valence-corrected chi connectivity index (χ0v) is 42.2. The van der Waals surface area contributed by atoms with Crippen LogP contribution in [0.15, 0.2) is 167 Å². The summed E-state index contributed by atoms with van der Waals surface area (Å²) in [6.45, 7) is 41.2. The van der Waals surface area contributed by atoms with E-state index in [-0.39, 0.29) is 0 Å². The first kappa shape index (κ1) is 74.1. The van der Waals surface area contributed by atoms with Crippen molar-refractivity contribution in [3.8, 4) is 0 Å². The van der Waals surface area contributed by atoms with Crippen molar-refractivity contribution >= 4 is 22.1 Å². The lowest BCUT2D eigenvalue weighted by molar-refractivity contribution is 0.567. The average Bonchev–Trinajstić information content (AvgIpc) is 4.09. The zero-order chi connectivity index (χ0) is 45.9. The van der Waals surface area contributed by atoms with Gasteiger partial charge in [0.05, 0.1) is 12.5 Å². The van der Waals surface area contributed by atoms with Crippen LogP contribution in [0, 0.1) is 0 Å². The molecule has 0 radical (unpaired) electrons. The van der Waals surface area contributed by atoms with E-state index in [2.05, 4.69) is 127 Å². The number of nitrogens with zero attached hydrogens (tertiary/aromatic N) is 1. The van der Waals surface area contributed by atoms with Crippen molar-refractivity contribution in [1.29, 1.82) is 0 Å². The van der Waals surface area contributed by atoms with Gasteiger partial charge < -0.3 is 4.42 Å². The molecule has 0 atom stereocenters. The predicted octanol–water partition coefficient (Wildman–Crippen LogP) is 20.8. The van der Waals surface area contributed by atoms with Crippen molar-refractivity contribution in [2.45, 2.75) is 171 Å². The Morgan fingerprint density at radius 1 is 0.333 bits per heavy atom. The molecule has 0 unspecified atom stereocenters. The quantitative estimate of drug-likeness (QED) is 0.153. The summed E-state index contributed by atoms with van der Waals surface area (Å²) in [5, 5.41) is 6.70. The summed E-state index contributed by atoms with van der Waals surface area (Å²) in [4.78, 5) is 3.78. The number of aromatic nitrogens is 1. The van der Waals surface area contributed by atoms with Gasteiger partial charge in [0.25, 0.3) is 0 Å². The minimum absolute atomic E-state index is 1.25. The molecule has 3 aromatic carbocycles. The van der Waals surface area contributed by atoms with Crippen LogP contribution < -0.4 is 0 Å². The minimum atomic E-state index is 1.25. The summed E-state index contributed by atoms with van der Waals surface area (Å²) in [5.41, 5.74) is 0. The van der Waals surface area contributed by atoms with Crippen LogP contribution in [-0.2, 0) is 0 Å². The second-order valence-corrected chi connectivity index (χ2v) is 10.5. The van der Waals surface area contributed by atoms with E-state index >= 15 is 0 Å². The van der Waals surface area contributed by atoms with Crippen molar-refractivity contribution in [2.75, 3.05) is 0 Å². The maximum Gasteiger partial charge on any atom is 0.0902 e. The van der Waals surface area contributed by atoms with Crippen molar-refractivity contribution in [3.05, 3.63) is 163 Å². The van der Waals surface area contributed by atoms with Gasteiger partial charge in [-0.25, -0.2) is 0 Å². The molecule has 57 heavy (non-hydrogen) atoms. The van der Waals surface area contributed by atoms with Crippen LogP contribution in [0.1, 0.15) is 171 Å². The Labute approximate surface area is 363 Å². The number of hydrogen-bond acceptors (Lipinski definition) is 3. The Balaban J connectivity index is -0.0000000643. The molecule has 330 valence electrons. The van der Waals surface area contributed by atoms with Crippen LogP contribution in [0.3, 0.4) is 0 Å². The monoisotopic (exact) mass is 808 g/mol. The van der Waals surface area contributed by atoms with E-state index in [1.165, 1.54) is 42.9 Å². The molecule has 0 fully saturated rings. The molecule has 0 N–H and O–H groups in total. The first-order chi connectivity index (χ1) is 28.0. The van der Waals surface area contributed by atoms with Crippen molar-refractivity contribution in [1.82, 2.24) is 4.98 Å². The number of benzene rings is 3. The molecule has 0 amide bonds. The molecular weight excluding hydrogens is 711 g/mol. The molecule has 0 aliphatic heterocycles. The van der Waals surface area contributed by atoms with Gasteiger partial charge in [-0.05, 0) is 45.8 Å². The number of rotatable bonds is 0. The van der Waals surface area contributed by atoms with Crippen LogP contribution in [-0.4, -0.2) is 4.98 Å². The topological polar surface area (TPSA) is 26.0 Å². The predicted molar refractivity (Wildman–Crippen MR) is 274 cm³/mol. The van der Waals surface area contributed by atoms with E-state index < -0.39 is 0 Å². The largest absolute Gasteiger partial charge is 0.473 e. The van der Waals surface area contributed by atoms with Gasteiger partial charge in [-0.1, -0.05) is 274 Å². The van der Waals surface area contributed by atoms with Crippen LogP contribution in [0.4, 0.5) is 0 Å². The van der Waals surface area contributed by atoms with Gasteiger partial charge >= 0.3 is 0 Å². The van der Waals surface area contributed by atoms with Gasteiger partial charge in [0, 0.05) is 12.4 Å². The average molecular weight is 808 g/mol. The van der Waals surface area contributed by atoms with Gasteiger partial charge in [-0.2, -0.15) is 11.3 Å². The highest BCUT2D eigenvalue weighted by Crippen LogP contribution is 2.11. The van der Waals surface area contributed by atoms with E-state index in [4.69, 9.17) is 0 Å². The Morgan fingerprint density at radius 2 is 0.561 bits per heavy atom. The molecule has 2 nitrogen and oxygen atoms in total. The normalized spacial score (nSPS) is 6.95. The third-order valence-corrected chi connectivity index (χ3v) is 4.37. The molecule has 0 saturated heterocycles. The van der Waals surface area contributed by atoms with Crippen molar-refractivity contribution in [2.24, 2.45) is 0 Å². The van der Waals surface area contributed by atoms with Gasteiger partial charge in [-0.3, -0.25) is 4.98 Å². The number of fused-ring (bicyclic) bond motifs is 1. The van der Waals surface area contributed by atoms with E-state index in [0.29, 0.717) is 0 Å². The zero-order valence-electron chi connectivity index (χ0n) is 41.4. The number of pyridine rings is 1. The van der Waals surface area contributed by atoms with Gasteiger partial charge in [0.15, 0.2) is 0 Å². The molecule has 3 heterocycles. The maximum absolute atomic E-state index is 4.58. The lowest BCUT2D eigenvalue weighted by atomic mass is 10.1. The van der Waals surface area contributed by atoms with Crippen LogP contribution >= 0.6 is 11.3 Å². The van der Waals surface area contributed by atoms with E-state index in [1.54, 1.807) is 36.3 Å². The van der Waals surface area contributed by atoms with Crippen LogP contribution in [0.25, 0.3) is 10.8 Å². The number of hydrogen-bond donors (Lipinski definition) is 0. The highest BCUT2D eigenvalue weighted by atomic mass is 32.1.